The van der Waals surface area contributed by atoms with Gasteiger partial charge in [0.1, 0.15) is 4.90 Å². The molecule has 1 aromatic rings. The smallest absolute Gasteiger partial charge is 0.244 e. The van der Waals surface area contributed by atoms with Crippen LogP contribution < -0.4 is 5.32 Å². The Morgan fingerprint density at radius 1 is 1.30 bits per heavy atom. The van der Waals surface area contributed by atoms with Gasteiger partial charge in [0.15, 0.2) is 0 Å². The molecule has 2 rings (SSSR count). The molecule has 1 atom stereocenters. The highest BCUT2D eigenvalue weighted by Crippen LogP contribution is 2.29. The highest BCUT2D eigenvalue weighted by Gasteiger charge is 2.28. The van der Waals surface area contributed by atoms with Crippen LogP contribution in [0, 0.1) is 5.92 Å². The van der Waals surface area contributed by atoms with E-state index in [4.69, 9.17) is 11.6 Å². The predicted octanol–water partition coefficient (Wildman–Crippen LogP) is 3.50. The molecule has 0 aromatic heterocycles. The Morgan fingerprint density at radius 2 is 1.96 bits per heavy atom. The first-order valence-electron chi connectivity index (χ1n) is 7.97. The van der Waals surface area contributed by atoms with Crippen LogP contribution in [-0.2, 0) is 14.8 Å². The zero-order valence-corrected chi connectivity index (χ0v) is 15.1. The number of sulfonamides is 1. The maximum Gasteiger partial charge on any atom is 0.244 e. The summed E-state index contributed by atoms with van der Waals surface area (Å²) in [7, 11) is -3.63. The molecule has 23 heavy (non-hydrogen) atoms. The van der Waals surface area contributed by atoms with Gasteiger partial charge in [-0.25, -0.2) is 8.42 Å². The number of hydrogen-bond acceptors (Lipinski definition) is 3. The predicted molar refractivity (Wildman–Crippen MR) is 92.1 cm³/mol. The van der Waals surface area contributed by atoms with Crippen molar-refractivity contribution in [1.29, 1.82) is 0 Å². The second kappa shape index (κ2) is 7.64. The van der Waals surface area contributed by atoms with E-state index in [0.29, 0.717) is 18.8 Å². The third-order valence-corrected chi connectivity index (χ3v) is 6.57. The Hall–Kier alpha value is -1.11. The molecule has 1 N–H and O–H groups in total. The average Bonchev–Trinajstić information content (AvgIpc) is 2.56. The fraction of sp³-hybridized carbons (Fsp3) is 0.562. The van der Waals surface area contributed by atoms with Crippen molar-refractivity contribution in [3.63, 3.8) is 0 Å². The van der Waals surface area contributed by atoms with Crippen LogP contribution in [-0.4, -0.2) is 31.7 Å². The average molecular weight is 359 g/mol. The molecule has 0 saturated carbocycles. The van der Waals surface area contributed by atoms with Crippen LogP contribution in [0.15, 0.2) is 23.1 Å². The minimum atomic E-state index is -3.63. The van der Waals surface area contributed by atoms with Gasteiger partial charge >= 0.3 is 0 Å². The summed E-state index contributed by atoms with van der Waals surface area (Å²) in [6.07, 6.45) is 3.49. The van der Waals surface area contributed by atoms with Crippen molar-refractivity contribution >= 4 is 33.2 Å². The Labute approximate surface area is 143 Å². The summed E-state index contributed by atoms with van der Waals surface area (Å²) < 4.78 is 27.0. The summed E-state index contributed by atoms with van der Waals surface area (Å²) in [5, 5.41) is 2.93. The Balaban J connectivity index is 2.28. The summed E-state index contributed by atoms with van der Waals surface area (Å²) in [6.45, 7) is 4.79. The van der Waals surface area contributed by atoms with Crippen molar-refractivity contribution in [3.05, 3.63) is 23.2 Å². The zero-order valence-electron chi connectivity index (χ0n) is 13.5. The summed E-state index contributed by atoms with van der Waals surface area (Å²) >= 11 is 6.11. The monoisotopic (exact) mass is 358 g/mol. The van der Waals surface area contributed by atoms with E-state index in [1.165, 1.54) is 16.4 Å². The van der Waals surface area contributed by atoms with Crippen LogP contribution in [0.4, 0.5) is 5.69 Å². The maximum atomic E-state index is 12.8. The molecule has 1 aliphatic rings. The number of rotatable bonds is 5. The van der Waals surface area contributed by atoms with Gasteiger partial charge in [-0.3, -0.25) is 4.79 Å². The number of halogens is 1. The number of amides is 1. The SMILES string of the molecule is CCC(C)C(=O)Nc1ccc(Cl)c(S(=O)(=O)N2CCCCC2)c1. The number of carbonyl (C=O) groups is 1. The highest BCUT2D eigenvalue weighted by atomic mass is 35.5. The molecule has 1 aliphatic heterocycles. The number of nitrogens with one attached hydrogen (secondary N) is 1. The normalized spacial score (nSPS) is 17.7. The lowest BCUT2D eigenvalue weighted by Crippen LogP contribution is -2.35. The van der Waals surface area contributed by atoms with Crippen molar-refractivity contribution < 1.29 is 13.2 Å². The van der Waals surface area contributed by atoms with Gasteiger partial charge in [-0.2, -0.15) is 4.31 Å². The van der Waals surface area contributed by atoms with Crippen molar-refractivity contribution in [2.45, 2.75) is 44.4 Å². The van der Waals surface area contributed by atoms with E-state index in [-0.39, 0.29) is 21.7 Å². The first kappa shape index (κ1) is 18.2. The van der Waals surface area contributed by atoms with Crippen LogP contribution in [0.3, 0.4) is 0 Å². The number of hydrogen-bond donors (Lipinski definition) is 1. The molecule has 1 unspecified atom stereocenters. The molecular weight excluding hydrogens is 336 g/mol. The van der Waals surface area contributed by atoms with E-state index in [9.17, 15) is 13.2 Å². The van der Waals surface area contributed by atoms with Crippen LogP contribution in [0.25, 0.3) is 0 Å². The summed E-state index contributed by atoms with van der Waals surface area (Å²) in [5.41, 5.74) is 0.454. The topological polar surface area (TPSA) is 66.5 Å². The second-order valence-electron chi connectivity index (χ2n) is 5.91. The van der Waals surface area contributed by atoms with Gasteiger partial charge in [0.25, 0.3) is 0 Å². The van der Waals surface area contributed by atoms with Gasteiger partial charge in [0.05, 0.1) is 5.02 Å². The standard InChI is InChI=1S/C16H23ClN2O3S/c1-3-12(2)16(20)18-13-7-8-14(17)15(11-13)23(21,22)19-9-5-4-6-10-19/h7-8,11-12H,3-6,9-10H2,1-2H3,(H,18,20). The third-order valence-electron chi connectivity index (χ3n) is 4.19. The van der Waals surface area contributed by atoms with Crippen molar-refractivity contribution in [1.82, 2.24) is 4.31 Å². The molecule has 1 heterocycles. The summed E-state index contributed by atoms with van der Waals surface area (Å²) in [6, 6.07) is 4.59. The molecule has 0 aliphatic carbocycles. The van der Waals surface area contributed by atoms with E-state index < -0.39 is 10.0 Å². The van der Waals surface area contributed by atoms with Gasteiger partial charge in [-0.05, 0) is 37.5 Å². The van der Waals surface area contributed by atoms with Gasteiger partial charge < -0.3 is 5.32 Å². The molecule has 0 bridgehead atoms. The molecule has 5 nitrogen and oxygen atoms in total. The lowest BCUT2D eigenvalue weighted by molar-refractivity contribution is -0.119. The van der Waals surface area contributed by atoms with Gasteiger partial charge in [-0.15, -0.1) is 0 Å². The fourth-order valence-corrected chi connectivity index (χ4v) is 4.49. The van der Waals surface area contributed by atoms with Crippen LogP contribution >= 0.6 is 11.6 Å². The molecule has 1 saturated heterocycles. The molecule has 128 valence electrons. The van der Waals surface area contributed by atoms with E-state index in [1.807, 2.05) is 13.8 Å². The number of anilines is 1. The fourth-order valence-electron chi connectivity index (χ4n) is 2.47. The number of benzene rings is 1. The van der Waals surface area contributed by atoms with E-state index in [0.717, 1.165) is 25.7 Å². The second-order valence-corrected chi connectivity index (χ2v) is 8.22. The van der Waals surface area contributed by atoms with Gasteiger partial charge in [-0.1, -0.05) is 31.9 Å². The molecule has 0 radical (unpaired) electrons. The highest BCUT2D eigenvalue weighted by molar-refractivity contribution is 7.89. The Kier molecular flexibility index (Phi) is 6.06. The molecule has 1 aromatic carbocycles. The van der Waals surface area contributed by atoms with E-state index in [1.54, 1.807) is 6.07 Å². The van der Waals surface area contributed by atoms with E-state index in [2.05, 4.69) is 5.32 Å². The molecule has 0 spiro atoms. The van der Waals surface area contributed by atoms with E-state index >= 15 is 0 Å². The Bertz CT molecular complexity index is 670. The molecule has 1 amide bonds. The largest absolute Gasteiger partial charge is 0.326 e. The minimum Gasteiger partial charge on any atom is -0.326 e. The quantitative estimate of drug-likeness (QED) is 0.875. The molecular formula is C16H23ClN2O3S. The first-order valence-corrected chi connectivity index (χ1v) is 9.78. The Morgan fingerprint density at radius 3 is 2.57 bits per heavy atom. The van der Waals surface area contributed by atoms with Crippen LogP contribution in [0.1, 0.15) is 39.5 Å². The van der Waals surface area contributed by atoms with Gasteiger partial charge in [0, 0.05) is 24.7 Å². The van der Waals surface area contributed by atoms with Crippen molar-refractivity contribution in [2.24, 2.45) is 5.92 Å². The zero-order chi connectivity index (χ0) is 17.0. The van der Waals surface area contributed by atoms with Crippen LogP contribution in [0.2, 0.25) is 5.02 Å². The minimum absolute atomic E-state index is 0.0584. The summed E-state index contributed by atoms with van der Waals surface area (Å²) in [5.74, 6) is -0.260. The molecule has 7 heteroatoms. The molecule has 1 fully saturated rings. The summed E-state index contributed by atoms with van der Waals surface area (Å²) in [4.78, 5) is 12.0. The maximum absolute atomic E-state index is 12.8. The number of carbonyl (C=O) groups excluding carboxylic acids is 1. The lowest BCUT2D eigenvalue weighted by atomic mass is 10.1. The van der Waals surface area contributed by atoms with Gasteiger partial charge in [0.2, 0.25) is 15.9 Å². The first-order chi connectivity index (χ1) is 10.9. The van der Waals surface area contributed by atoms with Crippen molar-refractivity contribution in [2.75, 3.05) is 18.4 Å². The van der Waals surface area contributed by atoms with Crippen LogP contribution in [0.5, 0.6) is 0 Å². The number of piperidine rings is 1. The lowest BCUT2D eigenvalue weighted by Gasteiger charge is -2.26. The van der Waals surface area contributed by atoms with Crippen molar-refractivity contribution in [3.8, 4) is 0 Å². The number of nitrogens with zero attached hydrogens (tertiary/aromatic N) is 1. The third kappa shape index (κ3) is 4.25.